The van der Waals surface area contributed by atoms with E-state index in [2.05, 4.69) is 10.6 Å². The molecule has 0 aromatic heterocycles. The first kappa shape index (κ1) is 26.8. The minimum atomic E-state index is -0.258. The van der Waals surface area contributed by atoms with Gasteiger partial charge >= 0.3 is 58.2 Å². The van der Waals surface area contributed by atoms with Crippen molar-refractivity contribution in [1.29, 1.82) is 0 Å². The average molecular weight is 379 g/mol. The van der Waals surface area contributed by atoms with Crippen LogP contribution in [0.3, 0.4) is 0 Å². The maximum atomic E-state index is 11.1. The number of para-hydroxylation sites is 1. The first-order valence-electron chi connectivity index (χ1n) is 7.63. The summed E-state index contributed by atoms with van der Waals surface area (Å²) in [4.78, 5) is 21.1. The number of carbonyl (C=O) groups excluding carboxylic acids is 2. The third-order valence-corrected chi connectivity index (χ3v) is 2.48. The summed E-state index contributed by atoms with van der Waals surface area (Å²) < 4.78 is 0. The van der Waals surface area contributed by atoms with Crippen LogP contribution in [-0.2, 0) is 9.59 Å². The van der Waals surface area contributed by atoms with Crippen LogP contribution in [0, 0.1) is 6.92 Å². The van der Waals surface area contributed by atoms with Crippen LogP contribution in [0.25, 0.3) is 5.32 Å². The summed E-state index contributed by atoms with van der Waals surface area (Å²) in [5.41, 5.74) is 2.08. The molecule has 0 fully saturated rings. The van der Waals surface area contributed by atoms with Crippen molar-refractivity contribution in [2.75, 3.05) is 0 Å². The molecule has 22 heavy (non-hydrogen) atoms. The molecule has 1 N–H and O–H groups in total. The van der Waals surface area contributed by atoms with Crippen molar-refractivity contribution in [3.05, 3.63) is 35.1 Å². The summed E-state index contributed by atoms with van der Waals surface area (Å²) in [7, 11) is 0. The molecule has 0 heterocycles. The second kappa shape index (κ2) is 19.0. The maximum Gasteiger partial charge on any atom is 1.00 e. The average Bonchev–Trinajstić information content (AvgIpc) is 2.52. The van der Waals surface area contributed by atoms with E-state index in [1.165, 1.54) is 0 Å². The summed E-state index contributed by atoms with van der Waals surface area (Å²) in [6.07, 6.45) is 1.36. The minimum absolute atomic E-state index is 0. The number of imide groups is 1. The van der Waals surface area contributed by atoms with Gasteiger partial charge in [-0.25, -0.2) is 0 Å². The van der Waals surface area contributed by atoms with Gasteiger partial charge in [-0.15, -0.1) is 11.7 Å². The fourth-order valence-electron chi connectivity index (χ4n) is 1.49. The largest absolute Gasteiger partial charge is 1.00 e. The van der Waals surface area contributed by atoms with Crippen LogP contribution in [0.2, 0.25) is 0 Å². The molecule has 1 atom stereocenters. The molecule has 0 saturated heterocycles. The minimum Gasteiger partial charge on any atom is -0.682 e. The van der Waals surface area contributed by atoms with E-state index in [-0.39, 0.29) is 70.1 Å². The van der Waals surface area contributed by atoms with E-state index in [4.69, 9.17) is 0 Å². The molecule has 0 aliphatic carbocycles. The van der Waals surface area contributed by atoms with Crippen LogP contribution in [0.4, 0.5) is 5.69 Å². The zero-order valence-electron chi connectivity index (χ0n) is 15.1. The standard InChI is InChI=1S/C13H17N2O2.2C2H6.Rb/c1-10-5-3-4-6-12(10)15-11(2)7-8-13(17)14-9-16;2*1-2;/h3-6,9,11H,7-8H2,1-2H3,(H,14,16,17);2*1-2H3;/q-1;;;+1. The van der Waals surface area contributed by atoms with Gasteiger partial charge in [0.1, 0.15) is 0 Å². The third kappa shape index (κ3) is 13.6. The second-order valence-corrected chi connectivity index (χ2v) is 3.99. The number of benzene rings is 1. The van der Waals surface area contributed by atoms with Gasteiger partial charge < -0.3 is 5.32 Å². The van der Waals surface area contributed by atoms with Gasteiger partial charge in [-0.05, 0) is 6.92 Å². The molecular weight excluding hydrogens is 350 g/mol. The molecule has 0 aliphatic heterocycles. The Balaban J connectivity index is -0.000000665. The van der Waals surface area contributed by atoms with Gasteiger partial charge in [0.2, 0.25) is 12.3 Å². The normalized spacial score (nSPS) is 9.55. The van der Waals surface area contributed by atoms with Crippen LogP contribution in [0.15, 0.2) is 24.3 Å². The van der Waals surface area contributed by atoms with E-state index in [0.29, 0.717) is 19.3 Å². The Morgan fingerprint density at radius 3 is 2.27 bits per heavy atom. The van der Waals surface area contributed by atoms with Crippen LogP contribution < -0.4 is 63.5 Å². The van der Waals surface area contributed by atoms with Crippen LogP contribution in [-0.4, -0.2) is 18.4 Å². The van der Waals surface area contributed by atoms with Crippen molar-refractivity contribution >= 4 is 18.0 Å². The summed E-state index contributed by atoms with van der Waals surface area (Å²) >= 11 is 0. The summed E-state index contributed by atoms with van der Waals surface area (Å²) in [5.74, 6) is -0.258. The van der Waals surface area contributed by atoms with E-state index >= 15 is 0 Å². The summed E-state index contributed by atoms with van der Waals surface area (Å²) in [6.45, 7) is 12.0. The molecule has 1 unspecified atom stereocenters. The van der Waals surface area contributed by atoms with Crippen molar-refractivity contribution < 1.29 is 67.8 Å². The number of carbonyl (C=O) groups is 2. The molecule has 1 rings (SSSR count). The predicted molar refractivity (Wildman–Crippen MR) is 89.8 cm³/mol. The number of amides is 2. The molecule has 2 amide bonds. The molecule has 1 aromatic carbocycles. The van der Waals surface area contributed by atoms with Gasteiger partial charge in [-0.1, -0.05) is 70.9 Å². The smallest absolute Gasteiger partial charge is 0.682 e. The Hall–Kier alpha value is -0.0348. The number of hydrogen-bond acceptors (Lipinski definition) is 2. The Kier molecular flexibility index (Phi) is 23.2. The van der Waals surface area contributed by atoms with Gasteiger partial charge in [0, 0.05) is 6.42 Å². The van der Waals surface area contributed by atoms with Crippen molar-refractivity contribution in [2.45, 2.75) is 60.4 Å². The quantitative estimate of drug-likeness (QED) is 0.762. The monoisotopic (exact) mass is 378 g/mol. The number of aryl methyl sites for hydroxylation is 1. The first-order chi connectivity index (χ1) is 10.1. The Morgan fingerprint density at radius 2 is 1.77 bits per heavy atom. The molecular formula is C17H29N2O2Rb. The van der Waals surface area contributed by atoms with Gasteiger partial charge in [-0.3, -0.25) is 14.9 Å². The van der Waals surface area contributed by atoms with Crippen molar-refractivity contribution in [3.8, 4) is 0 Å². The Bertz CT molecular complexity index is 398. The number of hydrogen-bond donors (Lipinski definition) is 1. The van der Waals surface area contributed by atoms with E-state index in [9.17, 15) is 9.59 Å². The SMILES string of the molecule is CC.CC.Cc1ccccc1[N-]C(C)CCC(=O)NC=O.[Rb+]. The molecule has 0 saturated carbocycles. The third-order valence-electron chi connectivity index (χ3n) is 2.48. The number of rotatable bonds is 6. The first-order valence-corrected chi connectivity index (χ1v) is 7.63. The zero-order valence-corrected chi connectivity index (χ0v) is 20.1. The van der Waals surface area contributed by atoms with E-state index in [1.807, 2.05) is 65.8 Å². The van der Waals surface area contributed by atoms with Crippen LogP contribution >= 0.6 is 0 Å². The van der Waals surface area contributed by atoms with Crippen molar-refractivity contribution in [1.82, 2.24) is 5.32 Å². The molecule has 0 spiro atoms. The topological polar surface area (TPSA) is 60.3 Å². The molecule has 5 heteroatoms. The zero-order chi connectivity index (χ0) is 16.7. The van der Waals surface area contributed by atoms with E-state index in [0.717, 1.165) is 11.3 Å². The van der Waals surface area contributed by atoms with Crippen molar-refractivity contribution in [3.63, 3.8) is 0 Å². The molecule has 1 aromatic rings. The van der Waals surface area contributed by atoms with Gasteiger partial charge in [-0.2, -0.15) is 0 Å². The maximum absolute atomic E-state index is 11.1. The molecule has 0 bridgehead atoms. The van der Waals surface area contributed by atoms with E-state index in [1.54, 1.807) is 0 Å². The molecule has 0 aliphatic rings. The second-order valence-electron chi connectivity index (χ2n) is 3.99. The predicted octanol–water partition coefficient (Wildman–Crippen LogP) is 1.50. The molecule has 120 valence electrons. The van der Waals surface area contributed by atoms with Crippen LogP contribution in [0.1, 0.15) is 53.0 Å². The Morgan fingerprint density at radius 1 is 1.23 bits per heavy atom. The molecule has 0 radical (unpaired) electrons. The molecule has 4 nitrogen and oxygen atoms in total. The van der Waals surface area contributed by atoms with Gasteiger partial charge in [0.15, 0.2) is 0 Å². The summed E-state index contributed by atoms with van der Waals surface area (Å²) in [6, 6.07) is 7.93. The fourth-order valence-corrected chi connectivity index (χ4v) is 1.49. The van der Waals surface area contributed by atoms with Gasteiger partial charge in [0.25, 0.3) is 0 Å². The van der Waals surface area contributed by atoms with Gasteiger partial charge in [0.05, 0.1) is 0 Å². The fraction of sp³-hybridized carbons (Fsp3) is 0.529. The number of nitrogens with zero attached hydrogens (tertiary/aromatic N) is 1. The van der Waals surface area contributed by atoms with E-state index < -0.39 is 0 Å². The Labute approximate surface area is 184 Å². The van der Waals surface area contributed by atoms with Crippen molar-refractivity contribution in [2.24, 2.45) is 0 Å². The number of nitrogens with one attached hydrogen (secondary N) is 1. The van der Waals surface area contributed by atoms with Crippen LogP contribution in [0.5, 0.6) is 0 Å². The summed E-state index contributed by atoms with van der Waals surface area (Å²) in [5, 5.41) is 6.64.